The number of imidazole rings is 1. The first-order valence-electron chi connectivity index (χ1n) is 8.39. The third kappa shape index (κ3) is 2.88. The van der Waals surface area contributed by atoms with Gasteiger partial charge in [-0.15, -0.1) is 0 Å². The minimum Gasteiger partial charge on any atom is -0.377 e. The number of aromatic amines is 1. The van der Waals surface area contributed by atoms with Crippen LogP contribution in [0.1, 0.15) is 17.2 Å². The van der Waals surface area contributed by atoms with Crippen LogP contribution in [-0.2, 0) is 24.9 Å². The molecule has 0 spiro atoms. The smallest absolute Gasteiger partial charge is 0.163 e. The summed E-state index contributed by atoms with van der Waals surface area (Å²) in [4.78, 5) is 19.3. The Kier molecular flexibility index (Phi) is 4.04. The number of methoxy groups -OCH3 is 1. The van der Waals surface area contributed by atoms with Crippen molar-refractivity contribution in [3.05, 3.63) is 41.6 Å². The van der Waals surface area contributed by atoms with Crippen LogP contribution in [0.4, 0.5) is 5.82 Å². The zero-order valence-electron chi connectivity index (χ0n) is 15.3. The molecule has 0 unspecified atom stereocenters. The van der Waals surface area contributed by atoms with Gasteiger partial charge < -0.3 is 14.6 Å². The fraction of sp³-hybridized carbons (Fsp3) is 0.333. The Morgan fingerprint density at radius 3 is 2.88 bits per heavy atom. The van der Waals surface area contributed by atoms with Gasteiger partial charge in [0.05, 0.1) is 29.2 Å². The van der Waals surface area contributed by atoms with E-state index in [9.17, 15) is 0 Å². The molecular weight excluding hydrogens is 330 g/mol. The maximum atomic E-state index is 5.21. The van der Waals surface area contributed by atoms with Crippen molar-refractivity contribution < 1.29 is 4.74 Å². The van der Waals surface area contributed by atoms with Crippen molar-refractivity contribution in [1.29, 1.82) is 0 Å². The standard InChI is InChI=1S/C18H21N7O/c1-11-5-6-13-14(7-11)21-15(20-13)9-24(2)17-12-8-19-25(3)18(12)23-16(22-17)10-26-4/h5-8H,9-10H2,1-4H3,(H,20,21). The summed E-state index contributed by atoms with van der Waals surface area (Å²) in [5, 5.41) is 5.22. The number of hydrogen-bond donors (Lipinski definition) is 1. The first-order valence-corrected chi connectivity index (χ1v) is 8.39. The summed E-state index contributed by atoms with van der Waals surface area (Å²) in [5.74, 6) is 2.33. The number of nitrogens with one attached hydrogen (secondary N) is 1. The summed E-state index contributed by atoms with van der Waals surface area (Å²) in [6, 6.07) is 6.20. The lowest BCUT2D eigenvalue weighted by molar-refractivity contribution is 0.178. The summed E-state index contributed by atoms with van der Waals surface area (Å²) in [7, 11) is 5.50. The second kappa shape index (κ2) is 6.38. The van der Waals surface area contributed by atoms with Gasteiger partial charge in [-0.25, -0.2) is 15.0 Å². The molecule has 1 N–H and O–H groups in total. The normalized spacial score (nSPS) is 11.5. The molecular formula is C18H21N7O. The van der Waals surface area contributed by atoms with Gasteiger partial charge in [-0.2, -0.15) is 5.10 Å². The van der Waals surface area contributed by atoms with E-state index < -0.39 is 0 Å². The van der Waals surface area contributed by atoms with E-state index in [0.717, 1.165) is 33.7 Å². The van der Waals surface area contributed by atoms with Crippen molar-refractivity contribution >= 4 is 27.9 Å². The fourth-order valence-corrected chi connectivity index (χ4v) is 3.09. The van der Waals surface area contributed by atoms with E-state index in [0.29, 0.717) is 19.0 Å². The molecule has 8 heteroatoms. The van der Waals surface area contributed by atoms with Crippen LogP contribution >= 0.6 is 0 Å². The third-order valence-corrected chi connectivity index (χ3v) is 4.33. The summed E-state index contributed by atoms with van der Waals surface area (Å²) in [6.45, 7) is 3.02. The van der Waals surface area contributed by atoms with Gasteiger partial charge in [0.2, 0.25) is 0 Å². The molecule has 0 atom stereocenters. The Morgan fingerprint density at radius 1 is 1.23 bits per heavy atom. The van der Waals surface area contributed by atoms with Gasteiger partial charge >= 0.3 is 0 Å². The van der Waals surface area contributed by atoms with E-state index in [1.807, 2.05) is 20.2 Å². The van der Waals surface area contributed by atoms with Crippen LogP contribution in [-0.4, -0.2) is 43.9 Å². The van der Waals surface area contributed by atoms with E-state index in [2.05, 4.69) is 49.0 Å². The van der Waals surface area contributed by atoms with Crippen LogP contribution < -0.4 is 4.90 Å². The summed E-state index contributed by atoms with van der Waals surface area (Å²) >= 11 is 0. The highest BCUT2D eigenvalue weighted by Crippen LogP contribution is 2.24. The number of aromatic nitrogens is 6. The van der Waals surface area contributed by atoms with Gasteiger partial charge in [-0.1, -0.05) is 6.07 Å². The minimum atomic E-state index is 0.353. The first kappa shape index (κ1) is 16.5. The predicted octanol–water partition coefficient (Wildman–Crippen LogP) is 2.33. The van der Waals surface area contributed by atoms with E-state index >= 15 is 0 Å². The second-order valence-corrected chi connectivity index (χ2v) is 6.46. The van der Waals surface area contributed by atoms with Crippen molar-refractivity contribution in [1.82, 2.24) is 29.7 Å². The molecule has 0 aliphatic rings. The van der Waals surface area contributed by atoms with Crippen LogP contribution in [0.5, 0.6) is 0 Å². The average molecular weight is 351 g/mol. The quantitative estimate of drug-likeness (QED) is 0.594. The lowest BCUT2D eigenvalue weighted by atomic mass is 10.2. The Morgan fingerprint density at radius 2 is 2.08 bits per heavy atom. The fourth-order valence-electron chi connectivity index (χ4n) is 3.09. The van der Waals surface area contributed by atoms with Crippen LogP contribution in [0.3, 0.4) is 0 Å². The van der Waals surface area contributed by atoms with Gasteiger partial charge in [0.25, 0.3) is 0 Å². The zero-order valence-corrected chi connectivity index (χ0v) is 15.3. The summed E-state index contributed by atoms with van der Waals surface area (Å²) in [5.41, 5.74) is 4.00. The number of hydrogen-bond acceptors (Lipinski definition) is 6. The molecule has 134 valence electrons. The van der Waals surface area contributed by atoms with Gasteiger partial charge in [0.1, 0.15) is 18.2 Å². The molecule has 0 radical (unpaired) electrons. The van der Waals surface area contributed by atoms with E-state index in [-0.39, 0.29) is 0 Å². The van der Waals surface area contributed by atoms with Crippen molar-refractivity contribution in [2.45, 2.75) is 20.1 Å². The number of aryl methyl sites for hydroxylation is 2. The second-order valence-electron chi connectivity index (χ2n) is 6.46. The monoisotopic (exact) mass is 351 g/mol. The Labute approximate surface area is 150 Å². The lowest BCUT2D eigenvalue weighted by Gasteiger charge is -2.18. The number of nitrogens with zero attached hydrogens (tertiary/aromatic N) is 6. The molecule has 0 aliphatic heterocycles. The van der Waals surface area contributed by atoms with Gasteiger partial charge in [0.15, 0.2) is 11.5 Å². The van der Waals surface area contributed by atoms with Gasteiger partial charge in [0, 0.05) is 21.2 Å². The topological polar surface area (TPSA) is 84.8 Å². The number of ether oxygens (including phenoxy) is 1. The molecule has 0 amide bonds. The summed E-state index contributed by atoms with van der Waals surface area (Å²) in [6.07, 6.45) is 1.79. The molecule has 4 aromatic rings. The molecule has 0 aliphatic carbocycles. The van der Waals surface area contributed by atoms with Crippen LogP contribution in [0.15, 0.2) is 24.4 Å². The Hall–Kier alpha value is -3.00. The lowest BCUT2D eigenvalue weighted by Crippen LogP contribution is -2.20. The van der Waals surface area contributed by atoms with Crippen molar-refractivity contribution in [3.63, 3.8) is 0 Å². The Bertz CT molecular complexity index is 1080. The highest BCUT2D eigenvalue weighted by Gasteiger charge is 2.16. The molecule has 0 saturated carbocycles. The summed E-state index contributed by atoms with van der Waals surface area (Å²) < 4.78 is 6.95. The number of benzene rings is 1. The number of rotatable bonds is 5. The molecule has 0 bridgehead atoms. The minimum absolute atomic E-state index is 0.353. The molecule has 0 saturated heterocycles. The van der Waals surface area contributed by atoms with Crippen molar-refractivity contribution in [2.75, 3.05) is 19.1 Å². The zero-order chi connectivity index (χ0) is 18.3. The van der Waals surface area contributed by atoms with Crippen molar-refractivity contribution in [2.24, 2.45) is 7.05 Å². The van der Waals surface area contributed by atoms with E-state index in [1.165, 1.54) is 5.56 Å². The van der Waals surface area contributed by atoms with Gasteiger partial charge in [-0.05, 0) is 24.6 Å². The number of H-pyrrole nitrogens is 1. The SMILES string of the molecule is COCc1nc(N(C)Cc2nc3ccc(C)cc3[nH]2)c2cnn(C)c2n1. The molecule has 1 aromatic carbocycles. The van der Waals surface area contributed by atoms with E-state index in [4.69, 9.17) is 4.74 Å². The molecule has 8 nitrogen and oxygen atoms in total. The van der Waals surface area contributed by atoms with Crippen LogP contribution in [0.25, 0.3) is 22.1 Å². The Balaban J connectivity index is 1.71. The molecule has 0 fully saturated rings. The largest absolute Gasteiger partial charge is 0.377 e. The molecule has 3 aromatic heterocycles. The predicted molar refractivity (Wildman–Crippen MR) is 100.0 cm³/mol. The highest BCUT2D eigenvalue weighted by molar-refractivity contribution is 5.86. The number of anilines is 1. The average Bonchev–Trinajstić information content (AvgIpc) is 3.17. The molecule has 4 rings (SSSR count). The van der Waals surface area contributed by atoms with Crippen LogP contribution in [0, 0.1) is 6.92 Å². The van der Waals surface area contributed by atoms with Crippen molar-refractivity contribution in [3.8, 4) is 0 Å². The maximum Gasteiger partial charge on any atom is 0.163 e. The first-order chi connectivity index (χ1) is 12.5. The van der Waals surface area contributed by atoms with Crippen LogP contribution in [0.2, 0.25) is 0 Å². The van der Waals surface area contributed by atoms with Gasteiger partial charge in [-0.3, -0.25) is 4.68 Å². The third-order valence-electron chi connectivity index (χ3n) is 4.33. The van der Waals surface area contributed by atoms with E-state index in [1.54, 1.807) is 18.0 Å². The molecule has 26 heavy (non-hydrogen) atoms. The highest BCUT2D eigenvalue weighted by atomic mass is 16.5. The number of fused-ring (bicyclic) bond motifs is 2. The maximum absolute atomic E-state index is 5.21. The molecule has 3 heterocycles.